The minimum Gasteiger partial charge on any atom is -0.297 e. The number of nitriles is 1. The van der Waals surface area contributed by atoms with Gasteiger partial charge in [-0.15, -0.1) is 0 Å². The summed E-state index contributed by atoms with van der Waals surface area (Å²) in [6.07, 6.45) is 11.7. The quantitative estimate of drug-likeness (QED) is 0.368. The maximum Gasteiger partial charge on any atom is 0.181 e. The molecule has 0 radical (unpaired) electrons. The lowest BCUT2D eigenvalue weighted by Crippen LogP contribution is -2.27. The van der Waals surface area contributed by atoms with Crippen molar-refractivity contribution in [3.63, 3.8) is 0 Å². The van der Waals surface area contributed by atoms with E-state index in [1.54, 1.807) is 13.0 Å². The second kappa shape index (κ2) is 10.8. The first-order valence-corrected chi connectivity index (χ1v) is 8.84. The molecule has 0 atom stereocenters. The Morgan fingerprint density at radius 3 is 2.58 bits per heavy atom. The molecule has 0 amide bonds. The van der Waals surface area contributed by atoms with Crippen molar-refractivity contribution in [2.45, 2.75) is 53.4 Å². The number of nitrogens with one attached hydrogen (secondary N) is 1. The molecule has 1 rings (SSSR count). The molecule has 0 bridgehead atoms. The van der Waals surface area contributed by atoms with Crippen LogP contribution in [0.5, 0.6) is 0 Å². The lowest BCUT2D eigenvalue weighted by molar-refractivity contribution is 0.277. The Balaban J connectivity index is 3.21. The van der Waals surface area contributed by atoms with Gasteiger partial charge in [-0.3, -0.25) is 10.2 Å². The predicted molar refractivity (Wildman–Crippen MR) is 98.7 cm³/mol. The van der Waals surface area contributed by atoms with Crippen molar-refractivity contribution in [1.82, 2.24) is 10.2 Å². The zero-order chi connectivity index (χ0) is 17.9. The highest BCUT2D eigenvalue weighted by Crippen LogP contribution is 2.29. The molecule has 4 heteroatoms. The van der Waals surface area contributed by atoms with E-state index in [1.807, 2.05) is 12.3 Å². The van der Waals surface area contributed by atoms with E-state index < -0.39 is 0 Å². The van der Waals surface area contributed by atoms with Crippen molar-refractivity contribution in [1.29, 1.82) is 5.26 Å². The summed E-state index contributed by atoms with van der Waals surface area (Å²) < 4.78 is 15.1. The molecule has 0 saturated heterocycles. The molecule has 0 aromatic rings. The van der Waals surface area contributed by atoms with Crippen molar-refractivity contribution in [2.75, 3.05) is 19.6 Å². The summed E-state index contributed by atoms with van der Waals surface area (Å²) in [5.41, 5.74) is 3.40. The molecule has 1 N–H and O–H groups in total. The largest absolute Gasteiger partial charge is 0.297 e. The van der Waals surface area contributed by atoms with Crippen LogP contribution in [0.1, 0.15) is 53.4 Å². The Kier molecular flexibility index (Phi) is 9.11. The van der Waals surface area contributed by atoms with Crippen LogP contribution in [-0.4, -0.2) is 24.5 Å². The van der Waals surface area contributed by atoms with Crippen molar-refractivity contribution >= 4 is 0 Å². The summed E-state index contributed by atoms with van der Waals surface area (Å²) in [5.74, 6) is -0.128. The lowest BCUT2D eigenvalue weighted by atomic mass is 9.92. The molecule has 24 heavy (non-hydrogen) atoms. The van der Waals surface area contributed by atoms with Crippen LogP contribution in [0.2, 0.25) is 0 Å². The van der Waals surface area contributed by atoms with Crippen molar-refractivity contribution in [3.05, 3.63) is 46.5 Å². The maximum atomic E-state index is 15.1. The predicted octanol–water partition coefficient (Wildman–Crippen LogP) is 4.97. The van der Waals surface area contributed by atoms with Gasteiger partial charge in [0.15, 0.2) is 6.19 Å². The van der Waals surface area contributed by atoms with Gasteiger partial charge in [0.2, 0.25) is 0 Å². The van der Waals surface area contributed by atoms with Crippen LogP contribution in [0.25, 0.3) is 0 Å². The summed E-state index contributed by atoms with van der Waals surface area (Å²) in [6, 6.07) is 0. The number of rotatable bonds is 9. The molecule has 0 aromatic heterocycles. The highest BCUT2D eigenvalue weighted by atomic mass is 19.1. The van der Waals surface area contributed by atoms with Crippen LogP contribution >= 0.6 is 0 Å². The van der Waals surface area contributed by atoms with Crippen LogP contribution in [0.3, 0.4) is 0 Å². The molecule has 0 aromatic carbocycles. The topological polar surface area (TPSA) is 39.1 Å². The monoisotopic (exact) mass is 331 g/mol. The van der Waals surface area contributed by atoms with Gasteiger partial charge in [0.1, 0.15) is 5.83 Å². The summed E-state index contributed by atoms with van der Waals surface area (Å²) in [7, 11) is 0. The van der Waals surface area contributed by atoms with Gasteiger partial charge in [-0.25, -0.2) is 4.39 Å². The summed E-state index contributed by atoms with van der Waals surface area (Å²) in [6.45, 7) is 10.2. The fraction of sp³-hybridized carbons (Fsp3) is 0.550. The lowest BCUT2D eigenvalue weighted by Gasteiger charge is -2.22. The molecule has 132 valence electrons. The number of halogens is 1. The molecule has 0 aliphatic heterocycles. The van der Waals surface area contributed by atoms with E-state index >= 15 is 4.39 Å². The Labute approximate surface area is 146 Å². The average Bonchev–Trinajstić information content (AvgIpc) is 2.54. The molecule has 1 aliphatic rings. The molecule has 1 aliphatic carbocycles. The highest BCUT2D eigenvalue weighted by molar-refractivity contribution is 5.52. The van der Waals surface area contributed by atoms with Crippen molar-refractivity contribution in [3.8, 4) is 6.19 Å². The van der Waals surface area contributed by atoms with Gasteiger partial charge in [0.05, 0.1) is 6.54 Å². The van der Waals surface area contributed by atoms with E-state index in [-0.39, 0.29) is 5.83 Å². The van der Waals surface area contributed by atoms with Crippen LogP contribution in [0.15, 0.2) is 46.5 Å². The summed E-state index contributed by atoms with van der Waals surface area (Å²) in [5, 5.41) is 11.4. The zero-order valence-corrected chi connectivity index (χ0v) is 15.5. The fourth-order valence-electron chi connectivity index (χ4n) is 2.92. The molecule has 0 heterocycles. The third-order valence-corrected chi connectivity index (χ3v) is 4.07. The van der Waals surface area contributed by atoms with Gasteiger partial charge in [-0.1, -0.05) is 31.6 Å². The number of hydrogen-bond acceptors (Lipinski definition) is 3. The van der Waals surface area contributed by atoms with E-state index in [0.717, 1.165) is 44.3 Å². The van der Waals surface area contributed by atoms with E-state index in [4.69, 9.17) is 5.26 Å². The standard InChI is InChI=1S/C20H30FN3/c1-5-11-24(12-6-2)14-20(21)19(13-17(4)23-15-22)18-10-8-7-9-16(18)3/h8,10,13,23H,5-7,9,11-12,14H2,1-4H3/b17-13+,20-19-. The van der Waals surface area contributed by atoms with Crippen LogP contribution < -0.4 is 5.32 Å². The minimum atomic E-state index is -0.128. The van der Waals surface area contributed by atoms with Gasteiger partial charge in [0, 0.05) is 11.3 Å². The normalized spacial score (nSPS) is 16.3. The molecule has 0 saturated carbocycles. The van der Waals surface area contributed by atoms with Crippen molar-refractivity contribution < 1.29 is 4.39 Å². The van der Waals surface area contributed by atoms with Crippen LogP contribution in [0, 0.1) is 11.5 Å². The summed E-state index contributed by atoms with van der Waals surface area (Å²) in [4.78, 5) is 2.15. The van der Waals surface area contributed by atoms with Crippen molar-refractivity contribution in [2.24, 2.45) is 0 Å². The molecular formula is C20H30FN3. The van der Waals surface area contributed by atoms with Crippen LogP contribution in [0.4, 0.5) is 4.39 Å². The third kappa shape index (κ3) is 6.33. The first-order valence-electron chi connectivity index (χ1n) is 8.84. The van der Waals surface area contributed by atoms with Gasteiger partial charge in [0.25, 0.3) is 0 Å². The Hall–Kier alpha value is -1.86. The maximum absolute atomic E-state index is 15.1. The third-order valence-electron chi connectivity index (χ3n) is 4.07. The van der Waals surface area contributed by atoms with E-state index in [1.165, 1.54) is 5.57 Å². The molecule has 3 nitrogen and oxygen atoms in total. The Morgan fingerprint density at radius 1 is 1.38 bits per heavy atom. The second-order valence-corrected chi connectivity index (χ2v) is 6.29. The highest BCUT2D eigenvalue weighted by Gasteiger charge is 2.16. The minimum absolute atomic E-state index is 0.128. The van der Waals surface area contributed by atoms with Gasteiger partial charge in [-0.2, -0.15) is 5.26 Å². The fourth-order valence-corrected chi connectivity index (χ4v) is 2.92. The van der Waals surface area contributed by atoms with E-state index in [9.17, 15) is 0 Å². The number of hydrogen-bond donors (Lipinski definition) is 1. The van der Waals surface area contributed by atoms with Gasteiger partial charge in [-0.05, 0) is 64.3 Å². The number of nitrogens with zero attached hydrogens (tertiary/aromatic N) is 2. The smallest absolute Gasteiger partial charge is 0.181 e. The molecule has 0 unspecified atom stereocenters. The second-order valence-electron chi connectivity index (χ2n) is 6.29. The number of allylic oxidation sites excluding steroid dienone is 7. The first-order chi connectivity index (χ1) is 11.5. The SMILES string of the molecule is CCCN(CCC)C/C(F)=C(\C=C(/C)NC#N)C1=C(C)CCC=C1. The molecule has 0 fully saturated rings. The summed E-state index contributed by atoms with van der Waals surface area (Å²) >= 11 is 0. The van der Waals surface area contributed by atoms with E-state index in [0.29, 0.717) is 17.8 Å². The molecular weight excluding hydrogens is 301 g/mol. The van der Waals surface area contributed by atoms with E-state index in [2.05, 4.69) is 37.1 Å². The zero-order valence-electron chi connectivity index (χ0n) is 15.5. The van der Waals surface area contributed by atoms with Crippen LogP contribution in [-0.2, 0) is 0 Å². The Bertz CT molecular complexity index is 570. The first kappa shape index (κ1) is 20.2. The van der Waals surface area contributed by atoms with Gasteiger partial charge >= 0.3 is 0 Å². The molecule has 0 spiro atoms. The Morgan fingerprint density at radius 2 is 2.04 bits per heavy atom. The van der Waals surface area contributed by atoms with Gasteiger partial charge < -0.3 is 0 Å². The average molecular weight is 331 g/mol.